The first-order valence-electron chi connectivity index (χ1n) is 5.66. The van der Waals surface area contributed by atoms with Crippen LogP contribution in [-0.2, 0) is 0 Å². The summed E-state index contributed by atoms with van der Waals surface area (Å²) in [7, 11) is 0. The van der Waals surface area contributed by atoms with E-state index in [0.29, 0.717) is 0 Å². The van der Waals surface area contributed by atoms with E-state index in [1.54, 1.807) is 19.3 Å². The van der Waals surface area contributed by atoms with E-state index >= 15 is 0 Å². The minimum absolute atomic E-state index is 0.807. The lowest BCUT2D eigenvalue weighted by Crippen LogP contribution is -2.35. The van der Waals surface area contributed by atoms with Gasteiger partial charge >= 0.3 is 0 Å². The summed E-state index contributed by atoms with van der Waals surface area (Å²) < 4.78 is 0. The Kier molecular flexibility index (Phi) is 0.934. The molecule has 0 spiro atoms. The van der Waals surface area contributed by atoms with Crippen LogP contribution in [0.5, 0.6) is 0 Å². The zero-order valence-electron chi connectivity index (χ0n) is 7.63. The van der Waals surface area contributed by atoms with Crippen LogP contribution in [0.25, 0.3) is 0 Å². The summed E-state index contributed by atoms with van der Waals surface area (Å²) in [5, 5.41) is 0. The normalized spacial score (nSPS) is 61.5. The molecule has 2 unspecified atom stereocenters. The maximum Gasteiger partial charge on any atom is 0.0275 e. The monoisotopic (exact) mass is 163 g/mol. The molecule has 4 aliphatic carbocycles. The molecule has 5 aliphatic rings. The molecule has 0 aromatic heterocycles. The molecule has 66 valence electrons. The van der Waals surface area contributed by atoms with E-state index in [2.05, 4.69) is 4.90 Å². The Morgan fingerprint density at radius 3 is 2.17 bits per heavy atom. The van der Waals surface area contributed by atoms with Crippen molar-refractivity contribution in [3.63, 3.8) is 0 Å². The Labute approximate surface area is 74.1 Å². The Morgan fingerprint density at radius 2 is 1.67 bits per heavy atom. The van der Waals surface area contributed by atoms with Crippen LogP contribution in [0.2, 0.25) is 0 Å². The van der Waals surface area contributed by atoms with Crippen molar-refractivity contribution in [1.29, 1.82) is 0 Å². The summed E-state index contributed by atoms with van der Waals surface area (Å²) in [6.07, 6.45) is 7.74. The Bertz CT molecular complexity index is 217. The Morgan fingerprint density at radius 1 is 1.00 bits per heavy atom. The third-order valence-electron chi connectivity index (χ3n) is 5.15. The zero-order chi connectivity index (χ0) is 7.76. The van der Waals surface area contributed by atoms with Crippen LogP contribution < -0.4 is 0 Å². The van der Waals surface area contributed by atoms with E-state index in [9.17, 15) is 0 Å². The van der Waals surface area contributed by atoms with Crippen molar-refractivity contribution >= 4 is 0 Å². The lowest BCUT2D eigenvalue weighted by Gasteiger charge is -2.25. The van der Waals surface area contributed by atoms with Gasteiger partial charge in [-0.1, -0.05) is 0 Å². The average Bonchev–Trinajstić information content (AvgIpc) is 2.76. The number of nitrogens with zero attached hydrogens (tertiary/aromatic N) is 1. The maximum atomic E-state index is 2.86. The smallest absolute Gasteiger partial charge is 0.0275 e. The van der Waals surface area contributed by atoms with Crippen molar-refractivity contribution in [2.45, 2.75) is 37.6 Å². The van der Waals surface area contributed by atoms with Gasteiger partial charge < -0.3 is 0 Å². The maximum absolute atomic E-state index is 2.86. The summed E-state index contributed by atoms with van der Waals surface area (Å²) in [5.41, 5.74) is 0.807. The first-order valence-corrected chi connectivity index (χ1v) is 5.66. The summed E-state index contributed by atoms with van der Waals surface area (Å²) >= 11 is 0. The Balaban J connectivity index is 1.69. The molecule has 1 nitrogen and oxygen atoms in total. The van der Waals surface area contributed by atoms with Crippen LogP contribution in [0.3, 0.4) is 0 Å². The highest BCUT2D eigenvalue weighted by Gasteiger charge is 2.76. The fourth-order valence-electron chi connectivity index (χ4n) is 4.80. The third-order valence-corrected chi connectivity index (χ3v) is 5.15. The molecule has 1 saturated heterocycles. The lowest BCUT2D eigenvalue weighted by molar-refractivity contribution is 0.208. The van der Waals surface area contributed by atoms with Crippen LogP contribution in [0, 0.1) is 17.8 Å². The predicted molar refractivity (Wildman–Crippen MR) is 47.9 cm³/mol. The first kappa shape index (κ1) is 6.42. The molecule has 0 N–H and O–H groups in total. The van der Waals surface area contributed by atoms with Crippen LogP contribution in [0.1, 0.15) is 32.1 Å². The first-order chi connectivity index (χ1) is 5.91. The molecule has 1 heterocycles. The van der Waals surface area contributed by atoms with Gasteiger partial charge in [0.05, 0.1) is 0 Å². The van der Waals surface area contributed by atoms with Gasteiger partial charge in [0.2, 0.25) is 0 Å². The predicted octanol–water partition coefficient (Wildman–Crippen LogP) is 1.88. The van der Waals surface area contributed by atoms with Crippen LogP contribution in [0.4, 0.5) is 0 Å². The van der Waals surface area contributed by atoms with Crippen molar-refractivity contribution in [2.24, 2.45) is 17.8 Å². The fraction of sp³-hybridized carbons (Fsp3) is 1.00. The van der Waals surface area contributed by atoms with Gasteiger partial charge in [-0.05, 0) is 62.9 Å². The largest absolute Gasteiger partial charge is 0.297 e. The molecular weight excluding hydrogens is 146 g/mol. The highest BCUT2D eigenvalue weighted by molar-refractivity contribution is 5.29. The van der Waals surface area contributed by atoms with E-state index in [4.69, 9.17) is 0 Å². The molecular formula is C11H17N. The molecule has 5 rings (SSSR count). The molecule has 0 radical (unpaired) electrons. The fourth-order valence-corrected chi connectivity index (χ4v) is 4.80. The van der Waals surface area contributed by atoms with Gasteiger partial charge in [0.15, 0.2) is 0 Å². The number of hydrogen-bond acceptors (Lipinski definition) is 1. The van der Waals surface area contributed by atoms with E-state index < -0.39 is 0 Å². The molecule has 2 atom stereocenters. The molecule has 1 aliphatic heterocycles. The van der Waals surface area contributed by atoms with Gasteiger partial charge in [-0.3, -0.25) is 4.90 Å². The van der Waals surface area contributed by atoms with Crippen molar-refractivity contribution in [2.75, 3.05) is 13.1 Å². The third kappa shape index (κ3) is 0.501. The van der Waals surface area contributed by atoms with E-state index in [1.807, 2.05) is 0 Å². The molecule has 0 amide bonds. The number of hydrogen-bond donors (Lipinski definition) is 0. The van der Waals surface area contributed by atoms with Gasteiger partial charge in [0.1, 0.15) is 0 Å². The second-order valence-electron chi connectivity index (χ2n) is 5.44. The second-order valence-corrected chi connectivity index (χ2v) is 5.44. The van der Waals surface area contributed by atoms with E-state index in [1.165, 1.54) is 37.8 Å². The molecule has 5 fully saturated rings. The van der Waals surface area contributed by atoms with Gasteiger partial charge in [-0.15, -0.1) is 0 Å². The van der Waals surface area contributed by atoms with Crippen molar-refractivity contribution in [3.05, 3.63) is 0 Å². The Hall–Kier alpha value is -0.0400. The molecule has 1 heteroatoms. The SMILES string of the molecule is C1CCN(C23CC4CC2C3C4)C1. The molecule has 12 heavy (non-hydrogen) atoms. The highest BCUT2D eigenvalue weighted by Crippen LogP contribution is 2.75. The van der Waals surface area contributed by atoms with Crippen LogP contribution >= 0.6 is 0 Å². The summed E-state index contributed by atoms with van der Waals surface area (Å²) in [5.74, 6) is 3.49. The van der Waals surface area contributed by atoms with Gasteiger partial charge in [0.25, 0.3) is 0 Å². The lowest BCUT2D eigenvalue weighted by atomic mass is 10.1. The van der Waals surface area contributed by atoms with Crippen LogP contribution in [0.15, 0.2) is 0 Å². The minimum atomic E-state index is 0.807. The van der Waals surface area contributed by atoms with Crippen molar-refractivity contribution in [3.8, 4) is 0 Å². The summed E-state index contributed by atoms with van der Waals surface area (Å²) in [6, 6.07) is 0. The van der Waals surface area contributed by atoms with Crippen LogP contribution in [-0.4, -0.2) is 23.5 Å². The molecule has 4 bridgehead atoms. The number of likely N-dealkylation sites (tertiary alicyclic amines) is 1. The van der Waals surface area contributed by atoms with E-state index in [-0.39, 0.29) is 0 Å². The quantitative estimate of drug-likeness (QED) is 0.570. The summed E-state index contributed by atoms with van der Waals surface area (Å²) in [6.45, 7) is 2.86. The van der Waals surface area contributed by atoms with Crippen molar-refractivity contribution in [1.82, 2.24) is 4.90 Å². The average molecular weight is 163 g/mol. The van der Waals surface area contributed by atoms with Gasteiger partial charge in [-0.25, -0.2) is 0 Å². The van der Waals surface area contributed by atoms with Crippen molar-refractivity contribution < 1.29 is 0 Å². The molecule has 0 aromatic rings. The second kappa shape index (κ2) is 1.75. The number of rotatable bonds is 1. The molecule has 0 aromatic carbocycles. The van der Waals surface area contributed by atoms with Gasteiger partial charge in [-0.2, -0.15) is 0 Å². The van der Waals surface area contributed by atoms with E-state index in [0.717, 1.165) is 11.5 Å². The summed E-state index contributed by atoms with van der Waals surface area (Å²) in [4.78, 5) is 2.86. The topological polar surface area (TPSA) is 3.24 Å². The minimum Gasteiger partial charge on any atom is -0.297 e. The standard InChI is InChI=1S/C11H17N/c1-2-4-12(3-1)11-7-8-5-9(11)10(11)6-8/h8-10H,1-7H2. The highest BCUT2D eigenvalue weighted by atomic mass is 15.3. The molecule has 4 saturated carbocycles. The van der Waals surface area contributed by atoms with Gasteiger partial charge in [0, 0.05) is 5.54 Å². The zero-order valence-corrected chi connectivity index (χ0v) is 7.63.